The minimum atomic E-state index is -0.241. The van der Waals surface area contributed by atoms with Crippen molar-refractivity contribution in [2.75, 3.05) is 13.2 Å². The Morgan fingerprint density at radius 3 is 2.83 bits per heavy atom. The SMILES string of the molecule is O=C(Cn1ccccc1=O)N(Cc1nc2ccccc2c(=O)[nH]1)C[C@@H]1CCCO1. The van der Waals surface area contributed by atoms with E-state index in [0.717, 1.165) is 12.8 Å². The number of fused-ring (bicyclic) bond motifs is 1. The lowest BCUT2D eigenvalue weighted by atomic mass is 10.2. The highest BCUT2D eigenvalue weighted by molar-refractivity contribution is 5.78. The van der Waals surface area contributed by atoms with Gasteiger partial charge < -0.3 is 19.2 Å². The number of benzene rings is 1. The number of ether oxygens (including phenoxy) is 1. The standard InChI is InChI=1S/C21H22N4O4/c26-19-9-3-4-10-24(19)14-20(27)25(12-15-6-5-11-29-15)13-18-22-17-8-2-1-7-16(17)21(28)23-18/h1-4,7-10,15H,5-6,11-14H2,(H,22,23,28)/t15-/m0/s1. The van der Waals surface area contributed by atoms with E-state index in [0.29, 0.717) is 29.9 Å². The molecule has 0 saturated carbocycles. The molecule has 3 heterocycles. The number of rotatable bonds is 6. The minimum absolute atomic E-state index is 0.0568. The van der Waals surface area contributed by atoms with Crippen LogP contribution in [0.15, 0.2) is 58.3 Å². The molecule has 0 spiro atoms. The molecule has 0 unspecified atom stereocenters. The predicted molar refractivity (Wildman–Crippen MR) is 107 cm³/mol. The van der Waals surface area contributed by atoms with Gasteiger partial charge in [-0.25, -0.2) is 4.98 Å². The van der Waals surface area contributed by atoms with Gasteiger partial charge in [-0.05, 0) is 31.0 Å². The van der Waals surface area contributed by atoms with Gasteiger partial charge in [0, 0.05) is 25.4 Å². The van der Waals surface area contributed by atoms with Crippen molar-refractivity contribution in [3.05, 3.63) is 75.2 Å². The van der Waals surface area contributed by atoms with Crippen molar-refractivity contribution >= 4 is 16.8 Å². The fourth-order valence-electron chi connectivity index (χ4n) is 3.52. The number of H-pyrrole nitrogens is 1. The van der Waals surface area contributed by atoms with E-state index in [1.54, 1.807) is 41.4 Å². The van der Waals surface area contributed by atoms with E-state index in [-0.39, 0.29) is 36.2 Å². The number of para-hydroxylation sites is 1. The summed E-state index contributed by atoms with van der Waals surface area (Å²) in [5.41, 5.74) is 0.0968. The molecule has 1 atom stereocenters. The van der Waals surface area contributed by atoms with Crippen LogP contribution in [0.3, 0.4) is 0 Å². The number of pyridine rings is 1. The van der Waals surface area contributed by atoms with Crippen LogP contribution in [0, 0.1) is 0 Å². The maximum Gasteiger partial charge on any atom is 0.258 e. The first-order valence-corrected chi connectivity index (χ1v) is 9.63. The zero-order valence-corrected chi connectivity index (χ0v) is 15.9. The Kier molecular flexibility index (Phi) is 5.53. The van der Waals surface area contributed by atoms with Gasteiger partial charge in [-0.3, -0.25) is 14.4 Å². The molecule has 1 fully saturated rings. The van der Waals surface area contributed by atoms with Gasteiger partial charge in [0.2, 0.25) is 5.91 Å². The Morgan fingerprint density at radius 1 is 1.21 bits per heavy atom. The molecule has 4 rings (SSSR count). The number of carbonyl (C=O) groups is 1. The number of nitrogens with zero attached hydrogens (tertiary/aromatic N) is 3. The van der Waals surface area contributed by atoms with Crippen molar-refractivity contribution in [3.8, 4) is 0 Å². The summed E-state index contributed by atoms with van der Waals surface area (Å²) in [6.07, 6.45) is 3.35. The smallest absolute Gasteiger partial charge is 0.258 e. The molecule has 1 aliphatic rings. The summed E-state index contributed by atoms with van der Waals surface area (Å²) in [6.45, 7) is 1.12. The van der Waals surface area contributed by atoms with Gasteiger partial charge in [-0.15, -0.1) is 0 Å². The Morgan fingerprint density at radius 2 is 2.03 bits per heavy atom. The van der Waals surface area contributed by atoms with Crippen molar-refractivity contribution in [1.82, 2.24) is 19.4 Å². The zero-order chi connectivity index (χ0) is 20.2. The number of aromatic nitrogens is 3. The second-order valence-corrected chi connectivity index (χ2v) is 7.11. The first-order valence-electron chi connectivity index (χ1n) is 9.63. The predicted octanol–water partition coefficient (Wildman–Crippen LogP) is 1.29. The van der Waals surface area contributed by atoms with Crippen molar-refractivity contribution in [2.45, 2.75) is 32.0 Å². The second kappa shape index (κ2) is 8.40. The number of amides is 1. The summed E-state index contributed by atoms with van der Waals surface area (Å²) in [5, 5.41) is 0.504. The number of hydrogen-bond donors (Lipinski definition) is 1. The molecule has 1 N–H and O–H groups in total. The quantitative estimate of drug-likeness (QED) is 0.680. The van der Waals surface area contributed by atoms with E-state index in [4.69, 9.17) is 4.74 Å². The number of carbonyl (C=O) groups excluding carboxylic acids is 1. The van der Waals surface area contributed by atoms with E-state index in [2.05, 4.69) is 9.97 Å². The average molecular weight is 394 g/mol. The van der Waals surface area contributed by atoms with Crippen molar-refractivity contribution in [3.63, 3.8) is 0 Å². The third-order valence-electron chi connectivity index (χ3n) is 5.01. The maximum atomic E-state index is 13.0. The molecule has 0 aliphatic carbocycles. The van der Waals surface area contributed by atoms with Crippen LogP contribution in [0.2, 0.25) is 0 Å². The van der Waals surface area contributed by atoms with Crippen LogP contribution in [0.1, 0.15) is 18.7 Å². The largest absolute Gasteiger partial charge is 0.376 e. The second-order valence-electron chi connectivity index (χ2n) is 7.11. The lowest BCUT2D eigenvalue weighted by Crippen LogP contribution is -2.40. The highest BCUT2D eigenvalue weighted by atomic mass is 16.5. The summed E-state index contributed by atoms with van der Waals surface area (Å²) in [7, 11) is 0. The fraction of sp³-hybridized carbons (Fsp3) is 0.333. The molecular formula is C21H22N4O4. The molecule has 8 nitrogen and oxygen atoms in total. The van der Waals surface area contributed by atoms with Gasteiger partial charge in [-0.1, -0.05) is 18.2 Å². The molecule has 1 aliphatic heterocycles. The summed E-state index contributed by atoms with van der Waals surface area (Å²) >= 11 is 0. The van der Waals surface area contributed by atoms with Crippen LogP contribution in [-0.2, 0) is 22.6 Å². The number of hydrogen-bond acceptors (Lipinski definition) is 5. The van der Waals surface area contributed by atoms with Crippen LogP contribution < -0.4 is 11.1 Å². The summed E-state index contributed by atoms with van der Waals surface area (Å²) in [4.78, 5) is 46.2. The Bertz CT molecular complexity index is 1130. The van der Waals surface area contributed by atoms with Crippen molar-refractivity contribution in [1.29, 1.82) is 0 Å². The van der Waals surface area contributed by atoms with E-state index < -0.39 is 0 Å². The molecule has 0 radical (unpaired) electrons. The maximum absolute atomic E-state index is 13.0. The highest BCUT2D eigenvalue weighted by Crippen LogP contribution is 2.15. The van der Waals surface area contributed by atoms with Gasteiger partial charge in [0.05, 0.1) is 23.6 Å². The molecule has 3 aromatic rings. The van der Waals surface area contributed by atoms with Crippen LogP contribution >= 0.6 is 0 Å². The molecule has 150 valence electrons. The fourth-order valence-corrected chi connectivity index (χ4v) is 3.52. The monoisotopic (exact) mass is 394 g/mol. The lowest BCUT2D eigenvalue weighted by molar-refractivity contribution is -0.134. The topological polar surface area (TPSA) is 97.3 Å². The average Bonchev–Trinajstić information content (AvgIpc) is 3.22. The van der Waals surface area contributed by atoms with Crippen molar-refractivity contribution < 1.29 is 9.53 Å². The van der Waals surface area contributed by atoms with Gasteiger partial charge in [0.15, 0.2) is 0 Å². The van der Waals surface area contributed by atoms with E-state index in [1.165, 1.54) is 10.6 Å². The molecule has 2 aromatic heterocycles. The summed E-state index contributed by atoms with van der Waals surface area (Å²) in [6, 6.07) is 11.8. The zero-order valence-electron chi connectivity index (χ0n) is 15.9. The van der Waals surface area contributed by atoms with Crippen LogP contribution in [-0.4, -0.2) is 44.6 Å². The van der Waals surface area contributed by atoms with E-state index in [9.17, 15) is 14.4 Å². The lowest BCUT2D eigenvalue weighted by Gasteiger charge is -2.25. The third-order valence-corrected chi connectivity index (χ3v) is 5.01. The van der Waals surface area contributed by atoms with Crippen LogP contribution in [0.4, 0.5) is 0 Å². The first-order chi connectivity index (χ1) is 14.1. The molecule has 0 bridgehead atoms. The van der Waals surface area contributed by atoms with E-state index in [1.807, 2.05) is 6.07 Å². The van der Waals surface area contributed by atoms with Gasteiger partial charge in [0.1, 0.15) is 12.4 Å². The number of nitrogens with one attached hydrogen (secondary N) is 1. The normalized spacial score (nSPS) is 16.2. The molecule has 1 amide bonds. The van der Waals surface area contributed by atoms with Crippen LogP contribution in [0.5, 0.6) is 0 Å². The molecular weight excluding hydrogens is 372 g/mol. The van der Waals surface area contributed by atoms with Crippen molar-refractivity contribution in [2.24, 2.45) is 0 Å². The summed E-state index contributed by atoms with van der Waals surface area (Å²) in [5.74, 6) is 0.171. The van der Waals surface area contributed by atoms with Gasteiger partial charge in [0.25, 0.3) is 11.1 Å². The molecule has 29 heavy (non-hydrogen) atoms. The van der Waals surface area contributed by atoms with Crippen LogP contribution in [0.25, 0.3) is 10.9 Å². The Labute approximate surface area is 166 Å². The Balaban J connectivity index is 1.60. The minimum Gasteiger partial charge on any atom is -0.376 e. The molecule has 1 saturated heterocycles. The first kappa shape index (κ1) is 19.1. The molecule has 1 aromatic carbocycles. The molecule has 8 heteroatoms. The number of aromatic amines is 1. The van der Waals surface area contributed by atoms with E-state index >= 15 is 0 Å². The summed E-state index contributed by atoms with van der Waals surface area (Å²) < 4.78 is 7.05. The third kappa shape index (κ3) is 4.43. The Hall–Kier alpha value is -3.26. The van der Waals surface area contributed by atoms with Gasteiger partial charge >= 0.3 is 0 Å². The van der Waals surface area contributed by atoms with Gasteiger partial charge in [-0.2, -0.15) is 0 Å². The highest BCUT2D eigenvalue weighted by Gasteiger charge is 2.24.